The van der Waals surface area contributed by atoms with Gasteiger partial charge in [0.1, 0.15) is 5.75 Å². The fourth-order valence-corrected chi connectivity index (χ4v) is 1.30. The second kappa shape index (κ2) is 6.76. The van der Waals surface area contributed by atoms with Gasteiger partial charge in [-0.2, -0.15) is 0 Å². The van der Waals surface area contributed by atoms with Crippen LogP contribution in [0.2, 0.25) is 0 Å². The van der Waals surface area contributed by atoms with Crippen molar-refractivity contribution in [3.63, 3.8) is 0 Å². The van der Waals surface area contributed by atoms with Gasteiger partial charge in [-0.05, 0) is 38.1 Å². The molecule has 1 amide bonds. The number of ether oxygens (including phenoxy) is 1. The number of hydrogen-bond acceptors (Lipinski definition) is 4. The topological polar surface area (TPSA) is 75.6 Å². The maximum atomic E-state index is 11.4. The van der Waals surface area contributed by atoms with E-state index in [4.69, 9.17) is 9.84 Å². The maximum Gasteiger partial charge on any atom is 0.258 e. The van der Waals surface area contributed by atoms with Crippen molar-refractivity contribution in [2.24, 2.45) is 0 Å². The van der Waals surface area contributed by atoms with Gasteiger partial charge in [-0.25, -0.2) is 0 Å². The van der Waals surface area contributed by atoms with Gasteiger partial charge in [0.15, 0.2) is 12.4 Å². The molecule has 18 heavy (non-hydrogen) atoms. The minimum Gasteiger partial charge on any atom is -0.484 e. The van der Waals surface area contributed by atoms with Crippen molar-refractivity contribution in [2.75, 3.05) is 13.2 Å². The van der Waals surface area contributed by atoms with E-state index in [2.05, 4.69) is 5.32 Å². The van der Waals surface area contributed by atoms with Crippen LogP contribution in [0.25, 0.3) is 0 Å². The summed E-state index contributed by atoms with van der Waals surface area (Å²) < 4.78 is 5.24. The average Bonchev–Trinajstić information content (AvgIpc) is 2.36. The van der Waals surface area contributed by atoms with Crippen LogP contribution in [0.4, 0.5) is 0 Å². The third-order valence-electron chi connectivity index (χ3n) is 2.31. The van der Waals surface area contributed by atoms with Gasteiger partial charge < -0.3 is 15.2 Å². The van der Waals surface area contributed by atoms with Crippen molar-refractivity contribution in [3.8, 4) is 5.75 Å². The quantitative estimate of drug-likeness (QED) is 0.732. The van der Waals surface area contributed by atoms with Crippen LogP contribution in [0.1, 0.15) is 24.2 Å². The third-order valence-corrected chi connectivity index (χ3v) is 2.31. The zero-order chi connectivity index (χ0) is 13.5. The monoisotopic (exact) mass is 251 g/mol. The van der Waals surface area contributed by atoms with Crippen molar-refractivity contribution < 1.29 is 19.4 Å². The van der Waals surface area contributed by atoms with Crippen molar-refractivity contribution in [1.82, 2.24) is 5.32 Å². The predicted octanol–water partition coefficient (Wildman–Crippen LogP) is 0.765. The molecule has 1 atom stereocenters. The van der Waals surface area contributed by atoms with Crippen LogP contribution in [0.3, 0.4) is 0 Å². The lowest BCUT2D eigenvalue weighted by atomic mass is 10.1. The number of amides is 1. The van der Waals surface area contributed by atoms with Crippen LogP contribution in [-0.4, -0.2) is 36.1 Å². The van der Waals surface area contributed by atoms with E-state index in [9.17, 15) is 9.59 Å². The summed E-state index contributed by atoms with van der Waals surface area (Å²) in [5.74, 6) is 0.204. The number of nitrogens with one attached hydrogen (secondary N) is 1. The zero-order valence-electron chi connectivity index (χ0n) is 10.5. The molecule has 5 nitrogen and oxygen atoms in total. The van der Waals surface area contributed by atoms with Gasteiger partial charge in [0.2, 0.25) is 0 Å². The molecule has 0 radical (unpaired) electrons. The molecule has 0 saturated heterocycles. The van der Waals surface area contributed by atoms with Crippen LogP contribution in [0, 0.1) is 0 Å². The van der Waals surface area contributed by atoms with Crippen molar-refractivity contribution in [2.45, 2.75) is 19.9 Å². The molecule has 1 aromatic rings. The Morgan fingerprint density at radius 1 is 1.33 bits per heavy atom. The van der Waals surface area contributed by atoms with Gasteiger partial charge in [0, 0.05) is 11.6 Å². The lowest BCUT2D eigenvalue weighted by Gasteiger charge is -2.11. The Hall–Kier alpha value is -1.88. The Morgan fingerprint density at radius 2 is 1.94 bits per heavy atom. The molecule has 0 aliphatic heterocycles. The lowest BCUT2D eigenvalue weighted by molar-refractivity contribution is -0.124. The number of benzene rings is 1. The Bertz CT molecular complexity index is 414. The summed E-state index contributed by atoms with van der Waals surface area (Å²) in [4.78, 5) is 22.4. The summed E-state index contributed by atoms with van der Waals surface area (Å²) in [6.45, 7) is 2.95. The Labute approximate surface area is 106 Å². The first-order valence-electron chi connectivity index (χ1n) is 5.67. The molecule has 0 saturated carbocycles. The number of aliphatic hydroxyl groups excluding tert-OH is 1. The van der Waals surface area contributed by atoms with E-state index in [1.807, 2.05) is 0 Å². The lowest BCUT2D eigenvalue weighted by Crippen LogP contribution is -2.38. The molecule has 0 spiro atoms. The first-order valence-corrected chi connectivity index (χ1v) is 5.67. The molecule has 1 aromatic carbocycles. The standard InChI is InChI=1S/C13H17NO4/c1-9(7-15)14-13(17)8-18-12-5-3-11(4-6-12)10(2)16/h3-6,9,15H,7-8H2,1-2H3,(H,14,17). The molecular formula is C13H17NO4. The smallest absolute Gasteiger partial charge is 0.258 e. The second-order valence-electron chi connectivity index (χ2n) is 4.02. The van der Waals surface area contributed by atoms with Gasteiger partial charge in [0.05, 0.1) is 6.61 Å². The predicted molar refractivity (Wildman–Crippen MR) is 66.6 cm³/mol. The summed E-state index contributed by atoms with van der Waals surface area (Å²) in [6.07, 6.45) is 0. The van der Waals surface area contributed by atoms with Crippen molar-refractivity contribution >= 4 is 11.7 Å². The molecule has 5 heteroatoms. The summed E-state index contributed by atoms with van der Waals surface area (Å²) in [6, 6.07) is 6.28. The number of rotatable bonds is 6. The Balaban J connectivity index is 2.44. The third kappa shape index (κ3) is 4.55. The highest BCUT2D eigenvalue weighted by molar-refractivity contribution is 5.94. The molecule has 0 fully saturated rings. The van der Waals surface area contributed by atoms with Crippen molar-refractivity contribution in [1.29, 1.82) is 0 Å². The average molecular weight is 251 g/mol. The van der Waals surface area contributed by atoms with E-state index in [1.54, 1.807) is 31.2 Å². The Morgan fingerprint density at radius 3 is 2.44 bits per heavy atom. The van der Waals surface area contributed by atoms with Gasteiger partial charge in [-0.1, -0.05) is 0 Å². The highest BCUT2D eigenvalue weighted by Crippen LogP contribution is 2.12. The van der Waals surface area contributed by atoms with Gasteiger partial charge in [-0.3, -0.25) is 9.59 Å². The number of ketones is 1. The summed E-state index contributed by atoms with van der Waals surface area (Å²) in [5, 5.41) is 11.3. The number of Topliss-reactive ketones (excluding diaryl/α,β-unsaturated/α-hetero) is 1. The van der Waals surface area contributed by atoms with E-state index in [1.165, 1.54) is 6.92 Å². The van der Waals surface area contributed by atoms with Crippen LogP contribution in [0.5, 0.6) is 5.75 Å². The number of aliphatic hydroxyl groups is 1. The van der Waals surface area contributed by atoms with Gasteiger partial charge >= 0.3 is 0 Å². The molecule has 0 aliphatic carbocycles. The Kier molecular flexibility index (Phi) is 5.32. The molecule has 2 N–H and O–H groups in total. The van der Waals surface area contributed by atoms with Crippen LogP contribution in [0.15, 0.2) is 24.3 Å². The number of carbonyl (C=O) groups excluding carboxylic acids is 2. The highest BCUT2D eigenvalue weighted by atomic mass is 16.5. The van der Waals surface area contributed by atoms with E-state index in [0.717, 1.165) is 0 Å². The van der Waals surface area contributed by atoms with Crippen LogP contribution in [-0.2, 0) is 4.79 Å². The number of hydrogen-bond donors (Lipinski definition) is 2. The summed E-state index contributed by atoms with van der Waals surface area (Å²) in [5.41, 5.74) is 0.598. The maximum absolute atomic E-state index is 11.4. The molecule has 0 bridgehead atoms. The summed E-state index contributed by atoms with van der Waals surface area (Å²) in [7, 11) is 0. The first kappa shape index (κ1) is 14.2. The van der Waals surface area contributed by atoms with E-state index in [-0.39, 0.29) is 30.9 Å². The minimum absolute atomic E-state index is 0.0175. The van der Waals surface area contributed by atoms with Crippen LogP contribution < -0.4 is 10.1 Å². The molecule has 0 heterocycles. The molecule has 0 aromatic heterocycles. The van der Waals surface area contributed by atoms with E-state index in [0.29, 0.717) is 11.3 Å². The minimum atomic E-state index is -0.299. The SMILES string of the molecule is CC(=O)c1ccc(OCC(=O)NC(C)CO)cc1. The van der Waals surface area contributed by atoms with E-state index < -0.39 is 0 Å². The molecular weight excluding hydrogens is 234 g/mol. The largest absolute Gasteiger partial charge is 0.484 e. The first-order chi connectivity index (χ1) is 8.52. The van der Waals surface area contributed by atoms with Crippen molar-refractivity contribution in [3.05, 3.63) is 29.8 Å². The zero-order valence-corrected chi connectivity index (χ0v) is 10.5. The fraction of sp³-hybridized carbons (Fsp3) is 0.385. The molecule has 98 valence electrons. The van der Waals surface area contributed by atoms with Gasteiger partial charge in [-0.15, -0.1) is 0 Å². The highest BCUT2D eigenvalue weighted by Gasteiger charge is 2.07. The summed E-state index contributed by atoms with van der Waals surface area (Å²) >= 11 is 0. The fourth-order valence-electron chi connectivity index (χ4n) is 1.30. The second-order valence-corrected chi connectivity index (χ2v) is 4.02. The molecule has 1 unspecified atom stereocenters. The normalized spacial score (nSPS) is 11.7. The van der Waals surface area contributed by atoms with Gasteiger partial charge in [0.25, 0.3) is 5.91 Å². The number of carbonyl (C=O) groups is 2. The van der Waals surface area contributed by atoms with Crippen LogP contribution >= 0.6 is 0 Å². The molecule has 0 aliphatic rings. The molecule has 1 rings (SSSR count). The van der Waals surface area contributed by atoms with E-state index >= 15 is 0 Å².